The first-order chi connectivity index (χ1) is 3.93. The van der Waals surface area contributed by atoms with E-state index >= 15 is 0 Å². The molecule has 1 rings (SSSR count). The summed E-state index contributed by atoms with van der Waals surface area (Å²) < 4.78 is 0. The maximum Gasteiger partial charge on any atom is 0.131 e. The molecule has 1 aliphatic rings. The molecule has 1 fully saturated rings. The third-order valence-electron chi connectivity index (χ3n) is 1.79. The second kappa shape index (κ2) is 3.08. The average molecular weight is 112 g/mol. The fraction of sp³-hybridized carbons (Fsp3) is 0.857. The summed E-state index contributed by atoms with van der Waals surface area (Å²) in [5.74, 6) is 0.392. The minimum absolute atomic E-state index is 0.392. The van der Waals surface area contributed by atoms with Crippen LogP contribution >= 0.6 is 0 Å². The summed E-state index contributed by atoms with van der Waals surface area (Å²) in [5.41, 5.74) is 0. The van der Waals surface area contributed by atoms with Crippen LogP contribution in [0.25, 0.3) is 0 Å². The zero-order valence-electron chi connectivity index (χ0n) is 5.06. The van der Waals surface area contributed by atoms with E-state index in [1.54, 1.807) is 0 Å². The Bertz CT molecular complexity index is 55.4. The molecule has 0 spiro atoms. The third kappa shape index (κ3) is 1.48. The Balaban J connectivity index is 2.13. The topological polar surface area (TPSA) is 20.2 Å². The molecule has 0 heterocycles. The summed E-state index contributed by atoms with van der Waals surface area (Å²) in [6.45, 7) is 2.30. The van der Waals surface area contributed by atoms with E-state index < -0.39 is 0 Å². The number of hydrogen-bond donors (Lipinski definition) is 1. The van der Waals surface area contributed by atoms with Gasteiger partial charge in [-0.1, -0.05) is 19.3 Å². The third-order valence-corrected chi connectivity index (χ3v) is 1.79. The van der Waals surface area contributed by atoms with E-state index in [-0.39, 0.29) is 0 Å². The van der Waals surface area contributed by atoms with Gasteiger partial charge in [0.25, 0.3) is 0 Å². The highest BCUT2D eigenvalue weighted by Gasteiger charge is 2.11. The molecule has 8 heavy (non-hydrogen) atoms. The van der Waals surface area contributed by atoms with Crippen molar-refractivity contribution in [1.82, 2.24) is 0 Å². The van der Waals surface area contributed by atoms with Crippen molar-refractivity contribution < 1.29 is 5.11 Å². The first-order valence-corrected chi connectivity index (χ1v) is 3.33. The molecule has 0 saturated heterocycles. The van der Waals surface area contributed by atoms with Crippen LogP contribution in [0.2, 0.25) is 0 Å². The number of aliphatic hydroxyl groups excluding tert-OH is 1. The van der Waals surface area contributed by atoms with E-state index in [1.807, 2.05) is 0 Å². The fourth-order valence-corrected chi connectivity index (χ4v) is 1.23. The molecule has 0 aliphatic heterocycles. The lowest BCUT2D eigenvalue weighted by Crippen LogP contribution is -2.05. The van der Waals surface area contributed by atoms with Crippen molar-refractivity contribution in [3.63, 3.8) is 0 Å². The fourth-order valence-electron chi connectivity index (χ4n) is 1.23. The molecule has 0 bridgehead atoms. The van der Waals surface area contributed by atoms with Crippen LogP contribution in [0.1, 0.15) is 32.1 Å². The van der Waals surface area contributed by atoms with E-state index in [2.05, 4.69) is 6.61 Å². The summed E-state index contributed by atoms with van der Waals surface area (Å²) in [6.07, 6.45) is 6.20. The van der Waals surface area contributed by atoms with Gasteiger partial charge in [-0.05, 0) is 18.8 Å². The summed E-state index contributed by atoms with van der Waals surface area (Å²) >= 11 is 0. The van der Waals surface area contributed by atoms with Crippen molar-refractivity contribution in [3.8, 4) is 0 Å². The van der Waals surface area contributed by atoms with Crippen LogP contribution in [0, 0.1) is 12.5 Å². The molecule has 1 nitrogen and oxygen atoms in total. The minimum Gasteiger partial charge on any atom is -0.383 e. The Labute approximate surface area is 50.7 Å². The summed E-state index contributed by atoms with van der Waals surface area (Å²) in [5, 5.41) is 8.44. The van der Waals surface area contributed by atoms with Gasteiger partial charge in [-0.3, -0.25) is 0 Å². The quantitative estimate of drug-likeness (QED) is 0.550. The SMILES string of the molecule is O[C]C1CCCCC1. The number of hydrogen-bond acceptors (Lipinski definition) is 1. The van der Waals surface area contributed by atoms with Crippen LogP contribution in [0.3, 0.4) is 0 Å². The molecule has 0 aromatic heterocycles. The Morgan fingerprint density at radius 2 is 1.75 bits per heavy atom. The Morgan fingerprint density at radius 3 is 2.12 bits per heavy atom. The minimum atomic E-state index is 0.392. The Morgan fingerprint density at radius 1 is 1.12 bits per heavy atom. The maximum absolute atomic E-state index is 8.44. The van der Waals surface area contributed by atoms with E-state index in [9.17, 15) is 0 Å². The van der Waals surface area contributed by atoms with E-state index in [0.717, 1.165) is 12.8 Å². The van der Waals surface area contributed by atoms with Crippen molar-refractivity contribution in [2.45, 2.75) is 32.1 Å². The molecular formula is C7H12O. The lowest BCUT2D eigenvalue weighted by Gasteiger charge is -2.17. The van der Waals surface area contributed by atoms with Gasteiger partial charge in [0, 0.05) is 0 Å². The smallest absolute Gasteiger partial charge is 0.131 e. The second-order valence-electron chi connectivity index (χ2n) is 2.46. The van der Waals surface area contributed by atoms with Gasteiger partial charge in [-0.25, -0.2) is 0 Å². The monoisotopic (exact) mass is 112 g/mol. The molecule has 1 saturated carbocycles. The van der Waals surface area contributed by atoms with Crippen LogP contribution < -0.4 is 0 Å². The Hall–Kier alpha value is -0.0400. The number of rotatable bonds is 1. The lowest BCUT2D eigenvalue weighted by atomic mass is 9.90. The number of aliphatic hydroxyl groups is 1. The van der Waals surface area contributed by atoms with Crippen molar-refractivity contribution >= 4 is 0 Å². The van der Waals surface area contributed by atoms with Gasteiger partial charge in [0.05, 0.1) is 0 Å². The first-order valence-electron chi connectivity index (χ1n) is 3.33. The van der Waals surface area contributed by atoms with Crippen molar-refractivity contribution in [3.05, 3.63) is 6.61 Å². The molecule has 0 atom stereocenters. The van der Waals surface area contributed by atoms with Crippen LogP contribution in [0.15, 0.2) is 0 Å². The van der Waals surface area contributed by atoms with Crippen LogP contribution in [0.5, 0.6) is 0 Å². The highest BCUT2D eigenvalue weighted by Crippen LogP contribution is 2.24. The molecule has 1 aliphatic carbocycles. The molecule has 0 amide bonds. The second-order valence-corrected chi connectivity index (χ2v) is 2.46. The van der Waals surface area contributed by atoms with Gasteiger partial charge in [0.2, 0.25) is 0 Å². The van der Waals surface area contributed by atoms with Gasteiger partial charge in [0.1, 0.15) is 6.61 Å². The summed E-state index contributed by atoms with van der Waals surface area (Å²) in [7, 11) is 0. The van der Waals surface area contributed by atoms with Crippen molar-refractivity contribution in [1.29, 1.82) is 0 Å². The first kappa shape index (κ1) is 6.09. The van der Waals surface area contributed by atoms with Gasteiger partial charge in [-0.2, -0.15) is 0 Å². The standard InChI is InChI=1S/C7H12O/c8-6-7-4-2-1-3-5-7/h7-8H,1-5H2. The van der Waals surface area contributed by atoms with E-state index in [0.29, 0.717) is 5.92 Å². The molecule has 46 valence electrons. The zero-order chi connectivity index (χ0) is 5.82. The molecule has 2 radical (unpaired) electrons. The molecule has 0 aromatic rings. The van der Waals surface area contributed by atoms with E-state index in [1.165, 1.54) is 19.3 Å². The predicted octanol–water partition coefficient (Wildman–Crippen LogP) is 1.98. The molecule has 1 heteroatoms. The van der Waals surface area contributed by atoms with Crippen molar-refractivity contribution in [2.75, 3.05) is 0 Å². The average Bonchev–Trinajstić information content (AvgIpc) is 1.90. The molecule has 0 unspecified atom stereocenters. The highest BCUT2D eigenvalue weighted by molar-refractivity contribution is 4.70. The van der Waals surface area contributed by atoms with Gasteiger partial charge >= 0.3 is 0 Å². The van der Waals surface area contributed by atoms with Crippen LogP contribution in [-0.4, -0.2) is 5.11 Å². The van der Waals surface area contributed by atoms with Gasteiger partial charge in [0.15, 0.2) is 0 Å². The summed E-state index contributed by atoms with van der Waals surface area (Å²) in [6, 6.07) is 0. The van der Waals surface area contributed by atoms with Crippen LogP contribution in [0.4, 0.5) is 0 Å². The lowest BCUT2D eigenvalue weighted by molar-refractivity contribution is 0.264. The predicted molar refractivity (Wildman–Crippen MR) is 31.8 cm³/mol. The zero-order valence-corrected chi connectivity index (χ0v) is 5.06. The maximum atomic E-state index is 8.44. The molecular weight excluding hydrogens is 100 g/mol. The summed E-state index contributed by atoms with van der Waals surface area (Å²) in [4.78, 5) is 0. The molecule has 1 N–H and O–H groups in total. The van der Waals surface area contributed by atoms with Crippen molar-refractivity contribution in [2.24, 2.45) is 5.92 Å². The Kier molecular flexibility index (Phi) is 2.34. The van der Waals surface area contributed by atoms with Gasteiger partial charge < -0.3 is 5.11 Å². The normalized spacial score (nSPS) is 23.6. The van der Waals surface area contributed by atoms with Crippen LogP contribution in [-0.2, 0) is 0 Å². The van der Waals surface area contributed by atoms with Gasteiger partial charge in [-0.15, -0.1) is 0 Å². The van der Waals surface area contributed by atoms with E-state index in [4.69, 9.17) is 5.11 Å². The molecule has 0 aromatic carbocycles. The largest absolute Gasteiger partial charge is 0.383 e. The highest BCUT2D eigenvalue weighted by atomic mass is 16.3.